The lowest BCUT2D eigenvalue weighted by molar-refractivity contribution is -0.142. The number of amides is 2. The van der Waals surface area contributed by atoms with Crippen molar-refractivity contribution in [2.75, 3.05) is 27.2 Å². The molecule has 8 nitrogen and oxygen atoms in total. The van der Waals surface area contributed by atoms with Crippen molar-refractivity contribution in [2.45, 2.75) is 24.9 Å². The summed E-state index contributed by atoms with van der Waals surface area (Å²) in [6, 6.07) is 14.0. The summed E-state index contributed by atoms with van der Waals surface area (Å²) < 4.78 is 5.42. The molecule has 0 heterocycles. The number of ether oxygens (including phenoxy) is 1. The van der Waals surface area contributed by atoms with E-state index in [9.17, 15) is 19.5 Å². The highest BCUT2D eigenvalue weighted by Gasteiger charge is 2.30. The summed E-state index contributed by atoms with van der Waals surface area (Å²) in [4.78, 5) is 37.6. The normalized spacial score (nSPS) is 14.3. The van der Waals surface area contributed by atoms with Gasteiger partial charge in [-0.05, 0) is 43.3 Å². The van der Waals surface area contributed by atoms with E-state index in [0.29, 0.717) is 0 Å². The third-order valence-corrected chi connectivity index (χ3v) is 5.23. The van der Waals surface area contributed by atoms with Gasteiger partial charge in [0.2, 0.25) is 5.91 Å². The first-order valence-corrected chi connectivity index (χ1v) is 10.1. The van der Waals surface area contributed by atoms with Gasteiger partial charge in [-0.25, -0.2) is 9.59 Å². The first kappa shape index (κ1) is 22.3. The molecule has 0 saturated heterocycles. The summed E-state index contributed by atoms with van der Waals surface area (Å²) >= 11 is 0. The zero-order valence-electron chi connectivity index (χ0n) is 17.8. The third-order valence-electron chi connectivity index (χ3n) is 5.23. The minimum Gasteiger partial charge on any atom is -0.480 e. The molecule has 1 aliphatic carbocycles. The number of hydrogen-bond acceptors (Lipinski definition) is 5. The molecule has 2 aromatic rings. The number of carbonyl (C=O) groups excluding carboxylic acids is 2. The van der Waals surface area contributed by atoms with E-state index < -0.39 is 30.1 Å². The maximum Gasteiger partial charge on any atom is 0.407 e. The number of carbonyl (C=O) groups is 3. The van der Waals surface area contributed by atoms with Crippen LogP contribution < -0.4 is 10.6 Å². The number of alkyl carbamates (subject to hydrolysis) is 1. The molecular weight excluding hydrogens is 398 g/mol. The number of benzene rings is 2. The van der Waals surface area contributed by atoms with Gasteiger partial charge in [-0.1, -0.05) is 48.5 Å². The molecule has 8 heteroatoms. The molecule has 31 heavy (non-hydrogen) atoms. The van der Waals surface area contributed by atoms with Crippen LogP contribution in [0.3, 0.4) is 0 Å². The highest BCUT2D eigenvalue weighted by atomic mass is 16.5. The van der Waals surface area contributed by atoms with Gasteiger partial charge in [0.15, 0.2) is 0 Å². The SMILES string of the molecule is C[C@@H](NC(=O)OCC1c2ccccc2-c2ccccc21)C(=O)N[C@@H](CN(C)C)C(=O)O. The average molecular weight is 425 g/mol. The third kappa shape index (κ3) is 5.21. The smallest absolute Gasteiger partial charge is 0.407 e. The monoisotopic (exact) mass is 425 g/mol. The molecular formula is C23H27N3O5. The Balaban J connectivity index is 1.58. The van der Waals surface area contributed by atoms with Crippen LogP contribution in [-0.2, 0) is 14.3 Å². The second kappa shape index (κ2) is 9.61. The molecule has 3 rings (SSSR count). The van der Waals surface area contributed by atoms with E-state index in [1.165, 1.54) is 6.92 Å². The van der Waals surface area contributed by atoms with Crippen LogP contribution in [-0.4, -0.2) is 67.3 Å². The summed E-state index contributed by atoms with van der Waals surface area (Å²) in [5.74, 6) is -1.82. The zero-order valence-corrected chi connectivity index (χ0v) is 17.8. The fourth-order valence-corrected chi connectivity index (χ4v) is 3.73. The summed E-state index contributed by atoms with van der Waals surface area (Å²) in [5.41, 5.74) is 4.44. The Hall–Kier alpha value is -3.39. The van der Waals surface area contributed by atoms with Gasteiger partial charge in [-0.2, -0.15) is 0 Å². The number of carboxylic acids is 1. The van der Waals surface area contributed by atoms with Crippen LogP contribution in [0.1, 0.15) is 24.0 Å². The van der Waals surface area contributed by atoms with Gasteiger partial charge in [0.05, 0.1) is 0 Å². The molecule has 164 valence electrons. The molecule has 3 N–H and O–H groups in total. The van der Waals surface area contributed by atoms with Crippen molar-refractivity contribution >= 4 is 18.0 Å². The predicted molar refractivity (Wildman–Crippen MR) is 116 cm³/mol. The van der Waals surface area contributed by atoms with Crippen LogP contribution in [0.2, 0.25) is 0 Å². The first-order chi connectivity index (χ1) is 14.8. The lowest BCUT2D eigenvalue weighted by atomic mass is 9.98. The molecule has 0 saturated carbocycles. The Labute approximate surface area is 181 Å². The Bertz CT molecular complexity index is 930. The quantitative estimate of drug-likeness (QED) is 0.597. The molecule has 0 radical (unpaired) electrons. The van der Waals surface area contributed by atoms with Crippen LogP contribution >= 0.6 is 0 Å². The van der Waals surface area contributed by atoms with Gasteiger partial charge in [-0.3, -0.25) is 4.79 Å². The maximum absolute atomic E-state index is 12.3. The number of nitrogens with zero attached hydrogens (tertiary/aromatic N) is 1. The summed E-state index contributed by atoms with van der Waals surface area (Å²) in [7, 11) is 3.42. The zero-order chi connectivity index (χ0) is 22.5. The molecule has 2 amide bonds. The van der Waals surface area contributed by atoms with Crippen LogP contribution in [0.15, 0.2) is 48.5 Å². The van der Waals surface area contributed by atoms with Crippen LogP contribution in [0.5, 0.6) is 0 Å². The van der Waals surface area contributed by atoms with E-state index in [1.54, 1.807) is 19.0 Å². The number of nitrogens with one attached hydrogen (secondary N) is 2. The second-order valence-electron chi connectivity index (χ2n) is 7.85. The molecule has 2 aromatic carbocycles. The predicted octanol–water partition coefficient (Wildman–Crippen LogP) is 2.04. The number of likely N-dealkylation sites (N-methyl/N-ethyl adjacent to an activating group) is 1. The molecule has 2 atom stereocenters. The average Bonchev–Trinajstić information content (AvgIpc) is 3.05. The lowest BCUT2D eigenvalue weighted by Crippen LogP contribution is -2.53. The van der Waals surface area contributed by atoms with E-state index in [4.69, 9.17) is 4.74 Å². The Morgan fingerprint density at radius 3 is 2.06 bits per heavy atom. The van der Waals surface area contributed by atoms with Crippen molar-refractivity contribution in [1.82, 2.24) is 15.5 Å². The molecule has 0 bridgehead atoms. The minimum absolute atomic E-state index is 0.0845. The number of rotatable bonds is 8. The van der Waals surface area contributed by atoms with Gasteiger partial charge < -0.3 is 25.4 Å². The second-order valence-corrected chi connectivity index (χ2v) is 7.85. The molecule has 0 aromatic heterocycles. The number of carboxylic acid groups (broad SMARTS) is 1. The van der Waals surface area contributed by atoms with Crippen molar-refractivity contribution in [1.29, 1.82) is 0 Å². The van der Waals surface area contributed by atoms with E-state index in [1.807, 2.05) is 48.5 Å². The highest BCUT2D eigenvalue weighted by Crippen LogP contribution is 2.44. The Morgan fingerprint density at radius 1 is 1.00 bits per heavy atom. The fraction of sp³-hybridized carbons (Fsp3) is 0.348. The van der Waals surface area contributed by atoms with Gasteiger partial charge in [-0.15, -0.1) is 0 Å². The Morgan fingerprint density at radius 2 is 1.55 bits per heavy atom. The van der Waals surface area contributed by atoms with Crippen molar-refractivity contribution in [3.63, 3.8) is 0 Å². The highest BCUT2D eigenvalue weighted by molar-refractivity contribution is 5.89. The van der Waals surface area contributed by atoms with Crippen molar-refractivity contribution in [3.05, 3.63) is 59.7 Å². The van der Waals surface area contributed by atoms with E-state index >= 15 is 0 Å². The largest absolute Gasteiger partial charge is 0.480 e. The van der Waals surface area contributed by atoms with Gasteiger partial charge in [0.1, 0.15) is 18.7 Å². The minimum atomic E-state index is -1.14. The van der Waals surface area contributed by atoms with Gasteiger partial charge >= 0.3 is 12.1 Å². The van der Waals surface area contributed by atoms with Crippen molar-refractivity contribution < 1.29 is 24.2 Å². The van der Waals surface area contributed by atoms with Crippen LogP contribution in [0.25, 0.3) is 11.1 Å². The number of aliphatic carboxylic acids is 1. The maximum atomic E-state index is 12.3. The summed E-state index contributed by atoms with van der Waals surface area (Å²) in [6.07, 6.45) is -0.732. The Kier molecular flexibility index (Phi) is 6.91. The van der Waals surface area contributed by atoms with Crippen LogP contribution in [0, 0.1) is 0 Å². The van der Waals surface area contributed by atoms with E-state index in [2.05, 4.69) is 10.6 Å². The molecule has 1 aliphatic rings. The molecule has 0 fully saturated rings. The standard InChI is InChI=1S/C23H27N3O5/c1-14(21(27)25-20(22(28)29)12-26(2)3)24-23(30)31-13-19-17-10-6-4-8-15(17)16-9-5-7-11-18(16)19/h4-11,14,19-20H,12-13H2,1-3H3,(H,24,30)(H,25,27)(H,28,29)/t14-,20+/m1/s1. The van der Waals surface area contributed by atoms with Crippen molar-refractivity contribution in [3.8, 4) is 11.1 Å². The van der Waals surface area contributed by atoms with E-state index in [0.717, 1.165) is 22.3 Å². The van der Waals surface area contributed by atoms with Crippen molar-refractivity contribution in [2.24, 2.45) is 0 Å². The topological polar surface area (TPSA) is 108 Å². The van der Waals surface area contributed by atoms with Crippen LogP contribution in [0.4, 0.5) is 4.79 Å². The molecule has 0 aliphatic heterocycles. The van der Waals surface area contributed by atoms with Gasteiger partial charge in [0, 0.05) is 12.5 Å². The molecule has 0 spiro atoms. The fourth-order valence-electron chi connectivity index (χ4n) is 3.73. The summed E-state index contributed by atoms with van der Waals surface area (Å²) in [5, 5.41) is 14.1. The summed E-state index contributed by atoms with van der Waals surface area (Å²) in [6.45, 7) is 1.75. The number of hydrogen-bond donors (Lipinski definition) is 3. The lowest BCUT2D eigenvalue weighted by Gasteiger charge is -2.21. The molecule has 0 unspecified atom stereocenters. The van der Waals surface area contributed by atoms with Gasteiger partial charge in [0.25, 0.3) is 0 Å². The van der Waals surface area contributed by atoms with E-state index in [-0.39, 0.29) is 19.1 Å². The number of fused-ring (bicyclic) bond motifs is 3. The first-order valence-electron chi connectivity index (χ1n) is 10.1.